The van der Waals surface area contributed by atoms with Crippen molar-refractivity contribution < 1.29 is 58.1 Å². The quantitative estimate of drug-likeness (QED) is 0.0907. The highest BCUT2D eigenvalue weighted by Gasteiger charge is 2.38. The summed E-state index contributed by atoms with van der Waals surface area (Å²) in [7, 11) is 0. The first-order valence-corrected chi connectivity index (χ1v) is 19.7. The Morgan fingerprint density at radius 3 is 2.03 bits per heavy atom. The van der Waals surface area contributed by atoms with Crippen molar-refractivity contribution in [3.8, 4) is 5.75 Å². The second kappa shape index (κ2) is 23.4. The first-order valence-electron chi connectivity index (χ1n) is 19.7. The van der Waals surface area contributed by atoms with E-state index in [2.05, 4.69) is 37.2 Å². The molecule has 1 aromatic carbocycles. The molecule has 1 aromatic rings. The molecule has 1 aliphatic heterocycles. The Labute approximate surface area is 349 Å². The number of hydrogen-bond donors (Lipinski definition) is 9. The van der Waals surface area contributed by atoms with Crippen LogP contribution in [0.3, 0.4) is 0 Å². The maximum Gasteiger partial charge on any atom is 0.328 e. The summed E-state index contributed by atoms with van der Waals surface area (Å²) in [6.45, 7) is 14.1. The number of benzene rings is 1. The van der Waals surface area contributed by atoms with Crippen LogP contribution in [-0.2, 0) is 54.3 Å². The number of hydrogen-bond acceptors (Lipinski definition) is 11. The lowest BCUT2D eigenvalue weighted by Crippen LogP contribution is -2.62. The number of amides is 7. The topological polar surface area (TPSA) is 288 Å². The lowest BCUT2D eigenvalue weighted by molar-refractivity contribution is -0.156. The number of esters is 1. The van der Waals surface area contributed by atoms with Crippen LogP contribution in [-0.4, -0.2) is 106 Å². The molecule has 0 saturated carbocycles. The van der Waals surface area contributed by atoms with E-state index in [0.29, 0.717) is 11.1 Å². The molecule has 0 spiro atoms. The minimum Gasteiger partial charge on any atom is -0.508 e. The van der Waals surface area contributed by atoms with Crippen LogP contribution in [0.5, 0.6) is 5.75 Å². The van der Waals surface area contributed by atoms with E-state index < -0.39 is 108 Å². The van der Waals surface area contributed by atoms with E-state index in [0.717, 1.165) is 0 Å². The molecule has 0 radical (unpaired) electrons. The Morgan fingerprint density at radius 2 is 1.48 bits per heavy atom. The predicted molar refractivity (Wildman–Crippen MR) is 217 cm³/mol. The number of aliphatic carboxylic acids is 1. The molecule has 0 unspecified atom stereocenters. The zero-order valence-corrected chi connectivity index (χ0v) is 35.5. The summed E-state index contributed by atoms with van der Waals surface area (Å²) < 4.78 is 5.70. The molecule has 60 heavy (non-hydrogen) atoms. The Bertz CT molecular complexity index is 1830. The molecular formula is C41H59N7O12. The Balaban J connectivity index is 2.63. The third-order valence-corrected chi connectivity index (χ3v) is 9.51. The van der Waals surface area contributed by atoms with Gasteiger partial charge in [0.1, 0.15) is 53.8 Å². The van der Waals surface area contributed by atoms with Gasteiger partial charge in [-0.3, -0.25) is 38.4 Å². The number of carbonyl (C=O) groups is 9. The average molecular weight is 842 g/mol. The third-order valence-electron chi connectivity index (χ3n) is 9.51. The van der Waals surface area contributed by atoms with Crippen LogP contribution in [0.25, 0.3) is 0 Å². The molecule has 1 aliphatic rings. The van der Waals surface area contributed by atoms with Gasteiger partial charge in [0, 0.05) is 18.4 Å². The number of cyclic esters (lactones) is 1. The number of carbonyl (C=O) groups excluding carboxylic acids is 8. The molecule has 7 amide bonds. The molecule has 1 heterocycles. The van der Waals surface area contributed by atoms with Crippen molar-refractivity contribution in [2.45, 2.75) is 130 Å². The van der Waals surface area contributed by atoms with Gasteiger partial charge < -0.3 is 52.2 Å². The fraction of sp³-hybridized carbons (Fsp3) is 0.537. The highest BCUT2D eigenvalue weighted by molar-refractivity contribution is 6.02. The summed E-state index contributed by atoms with van der Waals surface area (Å²) in [5.41, 5.74) is 0.498. The van der Waals surface area contributed by atoms with Gasteiger partial charge in [0.15, 0.2) is 0 Å². The summed E-state index contributed by atoms with van der Waals surface area (Å²) in [5.74, 6) is -8.98. The van der Waals surface area contributed by atoms with Crippen molar-refractivity contribution in [1.82, 2.24) is 37.2 Å². The SMILES string of the molecule is C/C=C1\NC(=O)[C@H](C)NC(=O)[C@@H](NC(=O)[C@H](Cc2ccc(O)cc2)NC(=O)[C@@H](NC(=O)/C(C)=C/C)C(C)C)[C@@H](C)OC(=O)[C@H](CC(C)C)NC(=O)[C@@H](CCC(=O)O)NC1=O. The first-order chi connectivity index (χ1) is 28.1. The molecule has 1 fully saturated rings. The third kappa shape index (κ3) is 15.5. The van der Waals surface area contributed by atoms with Crippen molar-refractivity contribution >= 4 is 53.3 Å². The number of rotatable bonds is 14. The first kappa shape index (κ1) is 49.9. The highest BCUT2D eigenvalue weighted by atomic mass is 16.5. The van der Waals surface area contributed by atoms with Gasteiger partial charge in [-0.1, -0.05) is 52.0 Å². The largest absolute Gasteiger partial charge is 0.508 e. The van der Waals surface area contributed by atoms with Crippen molar-refractivity contribution in [3.05, 3.63) is 53.3 Å². The van der Waals surface area contributed by atoms with Crippen LogP contribution >= 0.6 is 0 Å². The minimum absolute atomic E-state index is 0.00911. The van der Waals surface area contributed by atoms with Gasteiger partial charge in [0.25, 0.3) is 5.91 Å². The molecule has 330 valence electrons. The van der Waals surface area contributed by atoms with Gasteiger partial charge in [-0.25, -0.2) is 4.79 Å². The monoisotopic (exact) mass is 841 g/mol. The zero-order chi connectivity index (χ0) is 45.4. The summed E-state index contributed by atoms with van der Waals surface area (Å²) >= 11 is 0. The molecule has 0 aliphatic carbocycles. The second-order valence-electron chi connectivity index (χ2n) is 15.3. The number of allylic oxidation sites excluding steroid dienone is 2. The van der Waals surface area contributed by atoms with Crippen molar-refractivity contribution in [1.29, 1.82) is 0 Å². The van der Waals surface area contributed by atoms with Gasteiger partial charge in [0.2, 0.25) is 35.4 Å². The average Bonchev–Trinajstić information content (AvgIpc) is 3.17. The van der Waals surface area contributed by atoms with E-state index in [1.807, 2.05) is 0 Å². The Kier molecular flexibility index (Phi) is 19.4. The van der Waals surface area contributed by atoms with Crippen molar-refractivity contribution in [3.63, 3.8) is 0 Å². The lowest BCUT2D eigenvalue weighted by Gasteiger charge is -2.30. The van der Waals surface area contributed by atoms with Gasteiger partial charge >= 0.3 is 11.9 Å². The van der Waals surface area contributed by atoms with E-state index in [9.17, 15) is 53.4 Å². The van der Waals surface area contributed by atoms with Crippen LogP contribution in [0.2, 0.25) is 0 Å². The van der Waals surface area contributed by atoms with Gasteiger partial charge in [-0.15, -0.1) is 0 Å². The van der Waals surface area contributed by atoms with Gasteiger partial charge in [-0.2, -0.15) is 0 Å². The van der Waals surface area contributed by atoms with Gasteiger partial charge in [-0.05, 0) is 77.0 Å². The van der Waals surface area contributed by atoms with Crippen LogP contribution < -0.4 is 37.2 Å². The molecule has 0 bridgehead atoms. The molecular weight excluding hydrogens is 782 g/mol. The van der Waals surface area contributed by atoms with Crippen LogP contribution in [0.4, 0.5) is 0 Å². The second-order valence-corrected chi connectivity index (χ2v) is 15.3. The fourth-order valence-corrected chi connectivity index (χ4v) is 5.84. The minimum atomic E-state index is -1.73. The number of carboxylic acid groups (broad SMARTS) is 1. The summed E-state index contributed by atoms with van der Waals surface area (Å²) in [6, 6.07) is -2.70. The van der Waals surface area contributed by atoms with E-state index in [-0.39, 0.29) is 36.6 Å². The maximum absolute atomic E-state index is 14.3. The molecule has 7 atom stereocenters. The zero-order valence-electron chi connectivity index (χ0n) is 35.5. The Morgan fingerprint density at radius 1 is 0.850 bits per heavy atom. The number of ether oxygens (including phenoxy) is 1. The molecule has 19 nitrogen and oxygen atoms in total. The number of carboxylic acids is 1. The number of phenolic OH excluding ortho intramolecular Hbond substituents is 1. The molecule has 2 rings (SSSR count). The standard InChI is InChI=1S/C41H59N7O12/c1-10-22(7)34(52)47-32(21(5)6)39(57)45-29(19-25-12-14-26(49)15-13-25)38(56)48-33-24(9)60-41(59)30(18-20(3)4)46-37(55)28(16-17-31(50)51)44-36(54)27(11-2)43-35(53)23(8)42-40(33)58/h10-15,20-21,23-24,28-30,32-33,49H,16-19H2,1-9H3,(H,42,58)(H,43,53)(H,44,54)(H,45,57)(H,46,55)(H,47,52)(H,48,56)(H,50,51)/b22-10+,27-11-/t23-,24+,28+,29-,30-,32-,33-/m0/s1. The molecule has 9 N–H and O–H groups in total. The van der Waals surface area contributed by atoms with Crippen LogP contribution in [0.1, 0.15) is 87.1 Å². The fourth-order valence-electron chi connectivity index (χ4n) is 5.84. The van der Waals surface area contributed by atoms with E-state index >= 15 is 0 Å². The summed E-state index contributed by atoms with van der Waals surface area (Å²) in [6.07, 6.45) is 0.231. The summed E-state index contributed by atoms with van der Waals surface area (Å²) in [5, 5.41) is 36.8. The number of nitrogens with one attached hydrogen (secondary N) is 7. The van der Waals surface area contributed by atoms with Crippen molar-refractivity contribution in [2.75, 3.05) is 0 Å². The summed E-state index contributed by atoms with van der Waals surface area (Å²) in [4.78, 5) is 120. The van der Waals surface area contributed by atoms with Crippen molar-refractivity contribution in [2.24, 2.45) is 11.8 Å². The van der Waals surface area contributed by atoms with Crippen LogP contribution in [0.15, 0.2) is 47.7 Å². The van der Waals surface area contributed by atoms with E-state index in [4.69, 9.17) is 4.74 Å². The number of phenols is 1. The highest BCUT2D eigenvalue weighted by Crippen LogP contribution is 2.15. The van der Waals surface area contributed by atoms with Crippen LogP contribution in [0, 0.1) is 11.8 Å². The molecule has 19 heteroatoms. The smallest absolute Gasteiger partial charge is 0.328 e. The normalized spacial score (nSPS) is 22.7. The lowest BCUT2D eigenvalue weighted by atomic mass is 10.00. The number of aromatic hydroxyl groups is 1. The van der Waals surface area contributed by atoms with E-state index in [1.165, 1.54) is 51.1 Å². The Hall–Kier alpha value is -6.27. The maximum atomic E-state index is 14.3. The van der Waals surface area contributed by atoms with Gasteiger partial charge in [0.05, 0.1) is 0 Å². The molecule has 0 aromatic heterocycles. The van der Waals surface area contributed by atoms with E-state index in [1.54, 1.807) is 47.6 Å². The predicted octanol–water partition coefficient (Wildman–Crippen LogP) is 0.362. The molecule has 1 saturated heterocycles.